The molecule has 0 saturated carbocycles. The molecular weight excluding hydrogens is 500 g/mol. The molecular formula is C24H20F4N4O3S. The van der Waals surface area contributed by atoms with Gasteiger partial charge in [-0.1, -0.05) is 29.8 Å². The maximum Gasteiger partial charge on any atom is 0.301 e. The number of halogens is 4. The molecule has 0 radical (unpaired) electrons. The molecule has 2 aromatic carbocycles. The van der Waals surface area contributed by atoms with Crippen LogP contribution in [0.2, 0.25) is 0 Å². The second-order valence-electron chi connectivity index (χ2n) is 8.08. The topological polar surface area (TPSA) is 95.2 Å². The summed E-state index contributed by atoms with van der Waals surface area (Å²) in [6, 6.07) is 10.7. The highest BCUT2D eigenvalue weighted by Crippen LogP contribution is 2.30. The van der Waals surface area contributed by atoms with Gasteiger partial charge in [-0.3, -0.25) is 9.52 Å². The van der Waals surface area contributed by atoms with Gasteiger partial charge in [-0.25, -0.2) is 22.5 Å². The standard InChI is InChI=1S/C24H20F4N4O3S/c1-13-3-5-14(6-4-13)15-9-16-17(11-30-24(16)29-10-15)23(33)21-18(25)7-8-19(22(21)28)31-36(34,35)32(2)12-20(26)27/h3-11,20,31H,12H2,1-2H3,(H,29,30). The number of alkyl halides is 2. The first-order chi connectivity index (χ1) is 17.0. The van der Waals surface area contributed by atoms with Gasteiger partial charge >= 0.3 is 10.2 Å². The zero-order valence-electron chi connectivity index (χ0n) is 19.0. The van der Waals surface area contributed by atoms with Gasteiger partial charge in [0.15, 0.2) is 5.82 Å². The number of nitrogens with one attached hydrogen (secondary N) is 2. The van der Waals surface area contributed by atoms with Crippen LogP contribution in [-0.4, -0.2) is 48.5 Å². The number of benzene rings is 2. The molecule has 0 aliphatic rings. The van der Waals surface area contributed by atoms with E-state index >= 15 is 4.39 Å². The van der Waals surface area contributed by atoms with E-state index in [-0.39, 0.29) is 9.87 Å². The highest BCUT2D eigenvalue weighted by atomic mass is 32.2. The summed E-state index contributed by atoms with van der Waals surface area (Å²) in [6.07, 6.45) is -0.128. The Labute approximate surface area is 204 Å². The Balaban J connectivity index is 1.73. The number of pyridine rings is 1. The van der Waals surface area contributed by atoms with E-state index in [2.05, 4.69) is 9.97 Å². The summed E-state index contributed by atoms with van der Waals surface area (Å²) in [5.74, 6) is -3.76. The van der Waals surface area contributed by atoms with Crippen molar-refractivity contribution in [2.24, 2.45) is 0 Å². The molecule has 0 amide bonds. The highest BCUT2D eigenvalue weighted by Gasteiger charge is 2.28. The lowest BCUT2D eigenvalue weighted by atomic mass is 9.99. The second-order valence-corrected chi connectivity index (χ2v) is 9.86. The molecule has 0 aliphatic carbocycles. The monoisotopic (exact) mass is 520 g/mol. The van der Waals surface area contributed by atoms with E-state index in [0.29, 0.717) is 22.7 Å². The predicted molar refractivity (Wildman–Crippen MR) is 127 cm³/mol. The van der Waals surface area contributed by atoms with Crippen molar-refractivity contribution in [2.45, 2.75) is 13.3 Å². The van der Waals surface area contributed by atoms with Crippen molar-refractivity contribution >= 4 is 32.7 Å². The third kappa shape index (κ3) is 4.95. The molecule has 0 unspecified atom stereocenters. The number of H-pyrrole nitrogens is 1. The van der Waals surface area contributed by atoms with Crippen LogP contribution in [0.15, 0.2) is 54.9 Å². The maximum atomic E-state index is 15.2. The minimum atomic E-state index is -4.60. The first-order valence-corrected chi connectivity index (χ1v) is 12.0. The fourth-order valence-electron chi connectivity index (χ4n) is 3.58. The van der Waals surface area contributed by atoms with E-state index in [4.69, 9.17) is 0 Å². The number of ketones is 1. The van der Waals surface area contributed by atoms with Crippen molar-refractivity contribution < 1.29 is 30.8 Å². The normalized spacial score (nSPS) is 12.0. The zero-order valence-corrected chi connectivity index (χ0v) is 19.8. The van der Waals surface area contributed by atoms with Gasteiger partial charge in [-0.05, 0) is 30.7 Å². The Morgan fingerprint density at radius 1 is 1.11 bits per heavy atom. The van der Waals surface area contributed by atoms with E-state index in [1.54, 1.807) is 17.0 Å². The minimum absolute atomic E-state index is 0.0842. The van der Waals surface area contributed by atoms with Crippen molar-refractivity contribution in [1.29, 1.82) is 0 Å². The number of fused-ring (bicyclic) bond motifs is 1. The predicted octanol–water partition coefficient (Wildman–Crippen LogP) is 4.90. The maximum absolute atomic E-state index is 15.2. The van der Waals surface area contributed by atoms with Crippen LogP contribution in [0.3, 0.4) is 0 Å². The fraction of sp³-hybridized carbons (Fsp3) is 0.167. The van der Waals surface area contributed by atoms with E-state index in [1.807, 2.05) is 31.2 Å². The number of aryl methyl sites for hydroxylation is 1. The van der Waals surface area contributed by atoms with Crippen LogP contribution in [0, 0.1) is 18.6 Å². The molecule has 2 heterocycles. The second kappa shape index (κ2) is 9.70. The van der Waals surface area contributed by atoms with Gasteiger partial charge in [0.25, 0.3) is 6.43 Å². The summed E-state index contributed by atoms with van der Waals surface area (Å²) < 4.78 is 81.7. The Kier molecular flexibility index (Phi) is 6.83. The molecule has 0 saturated heterocycles. The third-order valence-electron chi connectivity index (χ3n) is 5.52. The molecule has 0 spiro atoms. The molecule has 7 nitrogen and oxygen atoms in total. The van der Waals surface area contributed by atoms with Crippen molar-refractivity contribution in [3.63, 3.8) is 0 Å². The number of rotatable bonds is 8. The number of aromatic amines is 1. The summed E-state index contributed by atoms with van der Waals surface area (Å²) >= 11 is 0. The van der Waals surface area contributed by atoms with Crippen LogP contribution in [-0.2, 0) is 10.2 Å². The largest absolute Gasteiger partial charge is 0.345 e. The number of aromatic nitrogens is 2. The SMILES string of the molecule is Cc1ccc(-c2cnc3[nH]cc(C(=O)c4c(F)ccc(NS(=O)(=O)N(C)CC(F)F)c4F)c3c2)cc1. The summed E-state index contributed by atoms with van der Waals surface area (Å²) in [5, 5.41) is 0.305. The number of carbonyl (C=O) groups is 1. The molecule has 0 fully saturated rings. The smallest absolute Gasteiger partial charge is 0.301 e. The first kappa shape index (κ1) is 25.3. The molecule has 12 heteroatoms. The lowest BCUT2D eigenvalue weighted by Crippen LogP contribution is -2.36. The van der Waals surface area contributed by atoms with Gasteiger partial charge < -0.3 is 4.98 Å². The van der Waals surface area contributed by atoms with Crippen LogP contribution in [0.1, 0.15) is 21.5 Å². The fourth-order valence-corrected chi connectivity index (χ4v) is 4.48. The lowest BCUT2D eigenvalue weighted by Gasteiger charge is -2.18. The number of anilines is 1. The Morgan fingerprint density at radius 3 is 2.47 bits per heavy atom. The van der Waals surface area contributed by atoms with Gasteiger partial charge in [0.05, 0.1) is 17.8 Å². The molecule has 4 rings (SSSR count). The van der Waals surface area contributed by atoms with Gasteiger partial charge in [0.1, 0.15) is 11.5 Å². The lowest BCUT2D eigenvalue weighted by molar-refractivity contribution is 0.103. The Morgan fingerprint density at radius 2 is 1.81 bits per heavy atom. The average Bonchev–Trinajstić information content (AvgIpc) is 3.24. The molecule has 2 N–H and O–H groups in total. The van der Waals surface area contributed by atoms with Crippen LogP contribution in [0.25, 0.3) is 22.2 Å². The molecule has 2 aromatic heterocycles. The van der Waals surface area contributed by atoms with Gasteiger partial charge in [0, 0.05) is 36.0 Å². The van der Waals surface area contributed by atoms with E-state index in [1.165, 1.54) is 6.20 Å². The van der Waals surface area contributed by atoms with Crippen LogP contribution in [0.4, 0.5) is 23.2 Å². The van der Waals surface area contributed by atoms with E-state index in [9.17, 15) is 26.4 Å². The molecule has 188 valence electrons. The van der Waals surface area contributed by atoms with E-state index < -0.39 is 51.8 Å². The quantitative estimate of drug-likeness (QED) is 0.255. The summed E-state index contributed by atoms with van der Waals surface area (Å²) in [6.45, 7) is 0.790. The first-order valence-electron chi connectivity index (χ1n) is 10.6. The van der Waals surface area contributed by atoms with Crippen LogP contribution in [0.5, 0.6) is 0 Å². The van der Waals surface area contributed by atoms with Crippen molar-refractivity contribution in [2.75, 3.05) is 18.3 Å². The summed E-state index contributed by atoms with van der Waals surface area (Å²) in [5.41, 5.74) is 0.983. The Bertz CT molecular complexity index is 1550. The summed E-state index contributed by atoms with van der Waals surface area (Å²) in [7, 11) is -3.73. The Hall–Kier alpha value is -3.77. The van der Waals surface area contributed by atoms with Crippen LogP contribution >= 0.6 is 0 Å². The van der Waals surface area contributed by atoms with Crippen molar-refractivity contribution in [1.82, 2.24) is 14.3 Å². The van der Waals surface area contributed by atoms with Crippen LogP contribution < -0.4 is 4.72 Å². The van der Waals surface area contributed by atoms with Crippen molar-refractivity contribution in [3.8, 4) is 11.1 Å². The number of hydrogen-bond donors (Lipinski definition) is 2. The molecule has 0 atom stereocenters. The van der Waals surface area contributed by atoms with Gasteiger partial charge in [-0.2, -0.15) is 12.7 Å². The summed E-state index contributed by atoms with van der Waals surface area (Å²) in [4.78, 5) is 20.3. The van der Waals surface area contributed by atoms with E-state index in [0.717, 1.165) is 24.2 Å². The minimum Gasteiger partial charge on any atom is -0.345 e. The van der Waals surface area contributed by atoms with Gasteiger partial charge in [0.2, 0.25) is 5.78 Å². The average molecular weight is 521 g/mol. The number of hydrogen-bond acceptors (Lipinski definition) is 4. The molecule has 4 aromatic rings. The number of carbonyl (C=O) groups excluding carboxylic acids is 1. The number of nitrogens with zero attached hydrogens (tertiary/aromatic N) is 2. The highest BCUT2D eigenvalue weighted by molar-refractivity contribution is 7.90. The molecule has 36 heavy (non-hydrogen) atoms. The third-order valence-corrected chi connectivity index (χ3v) is 6.97. The molecule has 0 aliphatic heterocycles. The van der Waals surface area contributed by atoms with Crippen molar-refractivity contribution in [3.05, 3.63) is 83.2 Å². The zero-order chi connectivity index (χ0) is 26.2. The van der Waals surface area contributed by atoms with Gasteiger partial charge in [-0.15, -0.1) is 0 Å². The molecule has 0 bridgehead atoms.